The molecule has 0 aliphatic rings. The quantitative estimate of drug-likeness (QED) is 0.530. The largest absolute Gasteiger partial charge is 0.464 e. The van der Waals surface area contributed by atoms with E-state index in [1.165, 1.54) is 13.3 Å². The maximum atomic E-state index is 10.7. The molecule has 0 saturated carbocycles. The molecule has 0 amide bonds. The molecule has 1 rings (SSSR count). The summed E-state index contributed by atoms with van der Waals surface area (Å²) >= 11 is 0. The second kappa shape index (κ2) is 2.38. The fraction of sp³-hybridized carbons (Fsp3) is 0.200. The standard InChI is InChI=1S/C5H7N3O2/c1-10-4(9)3-2-7-5(6)8-3/h2H,1H3,(H3,6,7,8). The summed E-state index contributed by atoms with van der Waals surface area (Å²) in [5, 5.41) is 0. The molecule has 0 atom stereocenters. The Labute approximate surface area is 57.2 Å². The van der Waals surface area contributed by atoms with E-state index in [2.05, 4.69) is 14.7 Å². The summed E-state index contributed by atoms with van der Waals surface area (Å²) in [6.45, 7) is 0. The molecule has 0 bridgehead atoms. The third kappa shape index (κ3) is 1.07. The lowest BCUT2D eigenvalue weighted by molar-refractivity contribution is 0.0595. The minimum Gasteiger partial charge on any atom is -0.464 e. The first-order valence-electron chi connectivity index (χ1n) is 2.63. The van der Waals surface area contributed by atoms with Crippen molar-refractivity contribution in [2.24, 2.45) is 0 Å². The highest BCUT2D eigenvalue weighted by Crippen LogP contribution is 1.98. The van der Waals surface area contributed by atoms with Crippen LogP contribution in [0, 0.1) is 0 Å². The van der Waals surface area contributed by atoms with E-state index in [4.69, 9.17) is 5.73 Å². The molecule has 0 aliphatic carbocycles. The number of hydrogen-bond acceptors (Lipinski definition) is 4. The molecule has 1 aromatic heterocycles. The molecule has 1 heterocycles. The third-order valence-electron chi connectivity index (χ3n) is 1.00. The van der Waals surface area contributed by atoms with Crippen LogP contribution in [0.3, 0.4) is 0 Å². The molecule has 0 radical (unpaired) electrons. The summed E-state index contributed by atoms with van der Waals surface area (Å²) in [6.07, 6.45) is 1.32. The number of rotatable bonds is 1. The van der Waals surface area contributed by atoms with Crippen molar-refractivity contribution in [3.8, 4) is 0 Å². The predicted octanol–water partition coefficient (Wildman–Crippen LogP) is -0.222. The lowest BCUT2D eigenvalue weighted by atomic mass is 10.5. The lowest BCUT2D eigenvalue weighted by Crippen LogP contribution is -2.01. The van der Waals surface area contributed by atoms with E-state index in [1.54, 1.807) is 0 Å². The zero-order chi connectivity index (χ0) is 7.56. The van der Waals surface area contributed by atoms with Crippen LogP contribution in [0.1, 0.15) is 10.5 Å². The molecule has 1 aromatic rings. The normalized spacial score (nSPS) is 9.30. The second-order valence-corrected chi connectivity index (χ2v) is 1.67. The molecule has 0 unspecified atom stereocenters. The summed E-state index contributed by atoms with van der Waals surface area (Å²) in [6, 6.07) is 0. The number of hydrogen-bond donors (Lipinski definition) is 2. The van der Waals surface area contributed by atoms with E-state index in [0.717, 1.165) is 0 Å². The van der Waals surface area contributed by atoms with Crippen LogP contribution in [0.25, 0.3) is 0 Å². The Hall–Kier alpha value is -1.52. The Morgan fingerprint density at radius 3 is 3.00 bits per heavy atom. The van der Waals surface area contributed by atoms with Gasteiger partial charge in [0, 0.05) is 0 Å². The molecule has 0 aromatic carbocycles. The first kappa shape index (κ1) is 6.60. The highest BCUT2D eigenvalue weighted by molar-refractivity contribution is 5.87. The van der Waals surface area contributed by atoms with Gasteiger partial charge in [-0.3, -0.25) is 0 Å². The number of H-pyrrole nitrogens is 1. The number of carbonyl (C=O) groups is 1. The lowest BCUT2D eigenvalue weighted by Gasteiger charge is -1.90. The van der Waals surface area contributed by atoms with Crippen molar-refractivity contribution in [1.29, 1.82) is 0 Å². The van der Waals surface area contributed by atoms with Crippen molar-refractivity contribution in [2.45, 2.75) is 0 Å². The van der Waals surface area contributed by atoms with Gasteiger partial charge in [-0.1, -0.05) is 0 Å². The van der Waals surface area contributed by atoms with Gasteiger partial charge in [-0.05, 0) is 0 Å². The van der Waals surface area contributed by atoms with Gasteiger partial charge < -0.3 is 15.5 Å². The van der Waals surface area contributed by atoms with Gasteiger partial charge in [-0.15, -0.1) is 0 Å². The van der Waals surface area contributed by atoms with E-state index in [-0.39, 0.29) is 11.6 Å². The van der Waals surface area contributed by atoms with Gasteiger partial charge in [-0.2, -0.15) is 0 Å². The number of aromatic amines is 1. The predicted molar refractivity (Wildman–Crippen MR) is 34.3 cm³/mol. The van der Waals surface area contributed by atoms with Crippen LogP contribution < -0.4 is 5.73 Å². The fourth-order valence-electron chi connectivity index (χ4n) is 0.550. The van der Waals surface area contributed by atoms with Gasteiger partial charge in [0.05, 0.1) is 13.3 Å². The molecular weight excluding hydrogens is 134 g/mol. The summed E-state index contributed by atoms with van der Waals surface area (Å²) in [4.78, 5) is 16.8. The molecule has 3 N–H and O–H groups in total. The Balaban J connectivity index is 2.85. The number of nitrogen functional groups attached to an aromatic ring is 1. The Bertz CT molecular complexity index is 243. The van der Waals surface area contributed by atoms with Crippen LogP contribution in [0.15, 0.2) is 6.20 Å². The third-order valence-corrected chi connectivity index (χ3v) is 1.00. The minimum atomic E-state index is -0.468. The number of aromatic nitrogens is 2. The highest BCUT2D eigenvalue weighted by atomic mass is 16.5. The zero-order valence-corrected chi connectivity index (χ0v) is 5.42. The van der Waals surface area contributed by atoms with Gasteiger partial charge in [-0.25, -0.2) is 9.78 Å². The van der Waals surface area contributed by atoms with Gasteiger partial charge in [0.1, 0.15) is 5.69 Å². The molecule has 5 nitrogen and oxygen atoms in total. The van der Waals surface area contributed by atoms with Crippen molar-refractivity contribution in [1.82, 2.24) is 9.97 Å². The van der Waals surface area contributed by atoms with Crippen molar-refractivity contribution >= 4 is 11.9 Å². The van der Waals surface area contributed by atoms with Gasteiger partial charge in [0.25, 0.3) is 0 Å². The van der Waals surface area contributed by atoms with Gasteiger partial charge in [0.2, 0.25) is 0 Å². The number of anilines is 1. The number of esters is 1. The zero-order valence-electron chi connectivity index (χ0n) is 5.42. The number of ether oxygens (including phenoxy) is 1. The van der Waals surface area contributed by atoms with Crippen LogP contribution in [0.5, 0.6) is 0 Å². The van der Waals surface area contributed by atoms with E-state index in [1.807, 2.05) is 0 Å². The monoisotopic (exact) mass is 141 g/mol. The van der Waals surface area contributed by atoms with E-state index in [9.17, 15) is 4.79 Å². The minimum absolute atomic E-state index is 0.209. The first-order valence-corrected chi connectivity index (χ1v) is 2.63. The maximum absolute atomic E-state index is 10.7. The smallest absolute Gasteiger partial charge is 0.356 e. The first-order chi connectivity index (χ1) is 4.74. The number of imidazole rings is 1. The molecule has 0 aliphatic heterocycles. The number of nitrogens with zero attached hydrogens (tertiary/aromatic N) is 1. The van der Waals surface area contributed by atoms with Crippen LogP contribution >= 0.6 is 0 Å². The van der Waals surface area contributed by atoms with E-state index in [0.29, 0.717) is 0 Å². The summed E-state index contributed by atoms with van der Waals surface area (Å²) in [7, 11) is 1.29. The SMILES string of the molecule is COC(=O)c1cnc(N)[nH]1. The number of methoxy groups -OCH3 is 1. The molecule has 54 valence electrons. The van der Waals surface area contributed by atoms with Crippen molar-refractivity contribution < 1.29 is 9.53 Å². The van der Waals surface area contributed by atoms with Crippen LogP contribution in [0.4, 0.5) is 5.95 Å². The number of nitrogens with one attached hydrogen (secondary N) is 1. The average molecular weight is 141 g/mol. The van der Waals surface area contributed by atoms with Gasteiger partial charge in [0.15, 0.2) is 5.95 Å². The highest BCUT2D eigenvalue weighted by Gasteiger charge is 2.06. The van der Waals surface area contributed by atoms with Gasteiger partial charge >= 0.3 is 5.97 Å². The number of nitrogens with two attached hydrogens (primary N) is 1. The molecule has 0 fully saturated rings. The van der Waals surface area contributed by atoms with E-state index >= 15 is 0 Å². The average Bonchev–Trinajstić information content (AvgIpc) is 2.34. The summed E-state index contributed by atoms with van der Waals surface area (Å²) < 4.78 is 4.38. The van der Waals surface area contributed by atoms with Crippen molar-refractivity contribution in [3.63, 3.8) is 0 Å². The Kier molecular flexibility index (Phi) is 1.57. The van der Waals surface area contributed by atoms with Crippen LogP contribution in [0.2, 0.25) is 0 Å². The summed E-state index contributed by atoms with van der Waals surface area (Å²) in [5.74, 6) is -0.260. The molecule has 5 heteroatoms. The van der Waals surface area contributed by atoms with Crippen LogP contribution in [-0.2, 0) is 4.74 Å². The maximum Gasteiger partial charge on any atom is 0.356 e. The second-order valence-electron chi connectivity index (χ2n) is 1.67. The number of carbonyl (C=O) groups excluding carboxylic acids is 1. The molecule has 0 saturated heterocycles. The van der Waals surface area contributed by atoms with Crippen molar-refractivity contribution in [3.05, 3.63) is 11.9 Å². The van der Waals surface area contributed by atoms with E-state index < -0.39 is 5.97 Å². The topological polar surface area (TPSA) is 81.0 Å². The fourth-order valence-corrected chi connectivity index (χ4v) is 0.550. The Morgan fingerprint density at radius 1 is 1.90 bits per heavy atom. The summed E-state index contributed by atoms with van der Waals surface area (Å²) in [5.41, 5.74) is 5.46. The van der Waals surface area contributed by atoms with Crippen molar-refractivity contribution in [2.75, 3.05) is 12.8 Å². The molecular formula is C5H7N3O2. The van der Waals surface area contributed by atoms with Crippen LogP contribution in [-0.4, -0.2) is 23.0 Å². The molecule has 0 spiro atoms. The molecule has 10 heavy (non-hydrogen) atoms. The Morgan fingerprint density at radius 2 is 2.60 bits per heavy atom.